The lowest BCUT2D eigenvalue weighted by Crippen LogP contribution is -2.02. The number of hydrogen-bond acceptors (Lipinski definition) is 2. The number of para-hydroxylation sites is 3. The van der Waals surface area contributed by atoms with Crippen molar-refractivity contribution in [3.8, 4) is 45.3 Å². The van der Waals surface area contributed by atoms with Crippen molar-refractivity contribution in [2.24, 2.45) is 0 Å². The molecule has 7 aromatic carbocycles. The molecule has 10 aromatic rings. The molecule has 10 rings (SSSR count). The van der Waals surface area contributed by atoms with E-state index in [1.165, 1.54) is 38.1 Å². The highest BCUT2D eigenvalue weighted by Gasteiger charge is 2.22. The molecule has 4 nitrogen and oxygen atoms in total. The maximum atomic E-state index is 5.32. The Bertz CT molecular complexity index is 2830. The predicted molar refractivity (Wildman–Crippen MR) is 207 cm³/mol. The van der Waals surface area contributed by atoms with Gasteiger partial charge >= 0.3 is 0 Å². The summed E-state index contributed by atoms with van der Waals surface area (Å²) in [7, 11) is 0. The molecule has 3 heterocycles. The summed E-state index contributed by atoms with van der Waals surface area (Å²) < 4.78 is 4.73. The van der Waals surface area contributed by atoms with E-state index >= 15 is 0 Å². The van der Waals surface area contributed by atoms with Crippen LogP contribution in [-0.4, -0.2) is 19.1 Å². The highest BCUT2D eigenvalue weighted by atomic mass is 15.1. The van der Waals surface area contributed by atoms with Gasteiger partial charge in [0.15, 0.2) is 5.82 Å². The second-order valence-electron chi connectivity index (χ2n) is 12.6. The van der Waals surface area contributed by atoms with E-state index in [0.717, 1.165) is 44.9 Å². The van der Waals surface area contributed by atoms with Gasteiger partial charge in [-0.05, 0) is 41.5 Å². The molecular formula is C46H30N4. The minimum absolute atomic E-state index is 0.686. The molecule has 0 aliphatic heterocycles. The molecule has 0 aliphatic carbocycles. The molecule has 50 heavy (non-hydrogen) atoms. The average molecular weight is 639 g/mol. The molecule has 0 atom stereocenters. The lowest BCUT2D eigenvalue weighted by atomic mass is 10.0. The SMILES string of the molecule is c1ccc(-c2ccc(-c3nc(-c4ccccc4)cc(-n4c5ccccc5c5c4ccc4c6ccccc6n(-c6ccccc6)c45)n3)cc2)cc1. The van der Waals surface area contributed by atoms with Gasteiger partial charge in [-0.2, -0.15) is 0 Å². The van der Waals surface area contributed by atoms with Crippen molar-refractivity contribution < 1.29 is 0 Å². The number of aromatic nitrogens is 4. The van der Waals surface area contributed by atoms with Crippen LogP contribution in [0.2, 0.25) is 0 Å². The Balaban J connectivity index is 1.27. The van der Waals surface area contributed by atoms with E-state index in [1.54, 1.807) is 0 Å². The van der Waals surface area contributed by atoms with Crippen molar-refractivity contribution in [3.05, 3.63) is 182 Å². The van der Waals surface area contributed by atoms with Crippen LogP contribution in [0.15, 0.2) is 182 Å². The molecule has 0 aliphatic rings. The summed E-state index contributed by atoms with van der Waals surface area (Å²) in [6, 6.07) is 64.1. The van der Waals surface area contributed by atoms with Gasteiger partial charge in [-0.3, -0.25) is 4.57 Å². The smallest absolute Gasteiger partial charge is 0.162 e. The third kappa shape index (κ3) is 4.46. The lowest BCUT2D eigenvalue weighted by Gasteiger charge is -2.13. The van der Waals surface area contributed by atoms with Crippen LogP contribution in [0.5, 0.6) is 0 Å². The first-order valence-corrected chi connectivity index (χ1v) is 16.9. The molecule has 0 unspecified atom stereocenters. The minimum atomic E-state index is 0.686. The molecule has 234 valence electrons. The maximum Gasteiger partial charge on any atom is 0.162 e. The summed E-state index contributed by atoms with van der Waals surface area (Å²) in [5.41, 5.74) is 11.0. The molecular weight excluding hydrogens is 609 g/mol. The maximum absolute atomic E-state index is 5.32. The third-order valence-corrected chi connectivity index (χ3v) is 9.75. The topological polar surface area (TPSA) is 35.6 Å². The summed E-state index contributed by atoms with van der Waals surface area (Å²) in [4.78, 5) is 10.5. The fraction of sp³-hybridized carbons (Fsp3) is 0. The van der Waals surface area contributed by atoms with Crippen LogP contribution in [0.25, 0.3) is 88.9 Å². The van der Waals surface area contributed by atoms with Gasteiger partial charge in [0.2, 0.25) is 0 Å². The number of hydrogen-bond donors (Lipinski definition) is 0. The highest BCUT2D eigenvalue weighted by Crippen LogP contribution is 2.42. The fourth-order valence-corrected chi connectivity index (χ4v) is 7.48. The van der Waals surface area contributed by atoms with Gasteiger partial charge in [-0.1, -0.05) is 146 Å². The molecule has 0 N–H and O–H groups in total. The Hall–Kier alpha value is -6.78. The molecule has 0 saturated heterocycles. The van der Waals surface area contributed by atoms with E-state index in [9.17, 15) is 0 Å². The van der Waals surface area contributed by atoms with E-state index in [1.807, 2.05) is 12.1 Å². The zero-order valence-corrected chi connectivity index (χ0v) is 27.1. The molecule has 0 saturated carbocycles. The van der Waals surface area contributed by atoms with Gasteiger partial charge in [-0.15, -0.1) is 0 Å². The Kier molecular flexibility index (Phi) is 6.46. The lowest BCUT2D eigenvalue weighted by molar-refractivity contribution is 1.05. The van der Waals surface area contributed by atoms with E-state index in [2.05, 4.69) is 179 Å². The summed E-state index contributed by atoms with van der Waals surface area (Å²) in [6.45, 7) is 0. The Morgan fingerprint density at radius 1 is 0.360 bits per heavy atom. The summed E-state index contributed by atoms with van der Waals surface area (Å²) >= 11 is 0. The van der Waals surface area contributed by atoms with Crippen LogP contribution in [0.4, 0.5) is 0 Å². The third-order valence-electron chi connectivity index (χ3n) is 9.75. The quantitative estimate of drug-likeness (QED) is 0.188. The Labute approximate surface area is 289 Å². The summed E-state index contributed by atoms with van der Waals surface area (Å²) in [5, 5.41) is 4.85. The van der Waals surface area contributed by atoms with Crippen LogP contribution >= 0.6 is 0 Å². The van der Waals surface area contributed by atoms with Crippen LogP contribution in [0.1, 0.15) is 0 Å². The first-order chi connectivity index (χ1) is 24.8. The average Bonchev–Trinajstić information content (AvgIpc) is 3.72. The fourth-order valence-electron chi connectivity index (χ4n) is 7.48. The van der Waals surface area contributed by atoms with Gasteiger partial charge in [0.25, 0.3) is 0 Å². The second-order valence-corrected chi connectivity index (χ2v) is 12.6. The normalized spacial score (nSPS) is 11.6. The number of fused-ring (bicyclic) bond motifs is 7. The summed E-state index contributed by atoms with van der Waals surface area (Å²) in [5.74, 6) is 1.51. The zero-order valence-electron chi connectivity index (χ0n) is 27.1. The van der Waals surface area contributed by atoms with Crippen molar-refractivity contribution in [2.45, 2.75) is 0 Å². The van der Waals surface area contributed by atoms with Crippen LogP contribution in [0, 0.1) is 0 Å². The largest absolute Gasteiger partial charge is 0.309 e. The zero-order chi connectivity index (χ0) is 33.0. The van der Waals surface area contributed by atoms with Crippen molar-refractivity contribution in [1.29, 1.82) is 0 Å². The van der Waals surface area contributed by atoms with Crippen molar-refractivity contribution in [2.75, 3.05) is 0 Å². The van der Waals surface area contributed by atoms with E-state index in [4.69, 9.17) is 9.97 Å². The monoisotopic (exact) mass is 638 g/mol. The molecule has 0 amide bonds. The van der Waals surface area contributed by atoms with E-state index < -0.39 is 0 Å². The number of nitrogens with zero attached hydrogens (tertiary/aromatic N) is 4. The van der Waals surface area contributed by atoms with Crippen molar-refractivity contribution >= 4 is 43.6 Å². The molecule has 0 fully saturated rings. The van der Waals surface area contributed by atoms with Gasteiger partial charge in [0.05, 0.1) is 27.8 Å². The molecule has 3 aromatic heterocycles. The summed E-state index contributed by atoms with van der Waals surface area (Å²) in [6.07, 6.45) is 0. The van der Waals surface area contributed by atoms with Gasteiger partial charge in [-0.25, -0.2) is 9.97 Å². The Morgan fingerprint density at radius 3 is 1.64 bits per heavy atom. The predicted octanol–water partition coefficient (Wildman–Crippen LogP) is 11.7. The van der Waals surface area contributed by atoms with Gasteiger partial charge in [0, 0.05) is 44.4 Å². The van der Waals surface area contributed by atoms with E-state index in [-0.39, 0.29) is 0 Å². The van der Waals surface area contributed by atoms with Crippen LogP contribution in [-0.2, 0) is 0 Å². The molecule has 0 bridgehead atoms. The minimum Gasteiger partial charge on any atom is -0.309 e. The highest BCUT2D eigenvalue weighted by molar-refractivity contribution is 6.26. The van der Waals surface area contributed by atoms with Gasteiger partial charge < -0.3 is 4.57 Å². The van der Waals surface area contributed by atoms with Crippen LogP contribution < -0.4 is 0 Å². The van der Waals surface area contributed by atoms with Crippen molar-refractivity contribution in [3.63, 3.8) is 0 Å². The first-order valence-electron chi connectivity index (χ1n) is 16.9. The first kappa shape index (κ1) is 28.3. The van der Waals surface area contributed by atoms with Gasteiger partial charge in [0.1, 0.15) is 5.82 Å². The molecule has 4 heteroatoms. The van der Waals surface area contributed by atoms with E-state index in [0.29, 0.717) is 5.82 Å². The second kappa shape index (κ2) is 11.4. The standard InChI is InChI=1S/C46H30N4/c1-4-14-31(15-5-1)32-24-26-34(27-25-32)46-47-39(33-16-6-2-7-17-33)30-43(48-46)50-41-23-13-11-21-38(41)44-42(50)29-28-37-36-20-10-12-22-40(36)49(45(37)44)35-18-8-3-9-19-35/h1-30H. The molecule has 0 radical (unpaired) electrons. The number of benzene rings is 7. The molecule has 0 spiro atoms. The number of rotatable bonds is 5. The Morgan fingerprint density at radius 2 is 0.920 bits per heavy atom. The van der Waals surface area contributed by atoms with Crippen LogP contribution in [0.3, 0.4) is 0 Å². The van der Waals surface area contributed by atoms with Crippen molar-refractivity contribution in [1.82, 2.24) is 19.1 Å².